The third-order valence-electron chi connectivity index (χ3n) is 17.2. The Labute approximate surface area is 526 Å². The number of hydrogen-bond donors (Lipinski definition) is 3. The molecule has 10 rings (SSSR count). The lowest BCUT2D eigenvalue weighted by Gasteiger charge is -2.40. The summed E-state index contributed by atoms with van der Waals surface area (Å²) in [6.07, 6.45) is 9.24. The van der Waals surface area contributed by atoms with Gasteiger partial charge in [-0.1, -0.05) is 35.9 Å². The summed E-state index contributed by atoms with van der Waals surface area (Å²) in [6, 6.07) is 12.1. The van der Waals surface area contributed by atoms with E-state index in [-0.39, 0.29) is 54.8 Å². The number of carbonyl (C=O) groups excluding carboxylic acids is 5. The van der Waals surface area contributed by atoms with Gasteiger partial charge in [-0.05, 0) is 119 Å². The van der Waals surface area contributed by atoms with Gasteiger partial charge in [-0.3, -0.25) is 28.9 Å². The predicted molar refractivity (Wildman–Crippen MR) is 336 cm³/mol. The third-order valence-corrected chi connectivity index (χ3v) is 17.2. The molecule has 0 radical (unpaired) electrons. The highest BCUT2D eigenvalue weighted by molar-refractivity contribution is 6.54. The van der Waals surface area contributed by atoms with E-state index in [0.29, 0.717) is 169 Å². The van der Waals surface area contributed by atoms with Crippen LogP contribution >= 0.6 is 0 Å². The topological polar surface area (TPSA) is 259 Å². The monoisotopic (exact) mass is 1240 g/mol. The maximum absolute atomic E-state index is 14.5. The smallest absolute Gasteiger partial charge is 0.411 e. The molecule has 3 saturated heterocycles. The number of unbranched alkanes of at least 4 members (excludes halogenated alkanes) is 2. The lowest BCUT2D eigenvalue weighted by Crippen LogP contribution is -2.56. The van der Waals surface area contributed by atoms with Crippen molar-refractivity contribution in [2.75, 3.05) is 89.2 Å². The first-order valence-electron chi connectivity index (χ1n) is 31.3. The van der Waals surface area contributed by atoms with Crippen molar-refractivity contribution in [2.45, 2.75) is 136 Å². The molecule has 6 aliphatic rings. The molecular formula is C64H83B2N9O15. The number of aromatic nitrogens is 3. The average Bonchev–Trinajstić information content (AvgIpc) is 1.63. The zero-order chi connectivity index (χ0) is 63.6. The zero-order valence-corrected chi connectivity index (χ0v) is 52.3. The molecule has 3 N–H and O–H groups in total. The van der Waals surface area contributed by atoms with Crippen molar-refractivity contribution in [1.82, 2.24) is 35.0 Å². The summed E-state index contributed by atoms with van der Waals surface area (Å²) in [7, 11) is -0.465. The first kappa shape index (κ1) is 65.4. The number of aryl methyl sites for hydroxylation is 1. The molecule has 26 heteroatoms. The fourth-order valence-corrected chi connectivity index (χ4v) is 12.7. The Morgan fingerprint density at radius 2 is 1.36 bits per heavy atom. The number of hydrogen-bond acceptors (Lipinski definition) is 19. The van der Waals surface area contributed by atoms with E-state index in [1.165, 1.54) is 24.2 Å². The van der Waals surface area contributed by atoms with Crippen molar-refractivity contribution in [1.29, 1.82) is 0 Å². The van der Waals surface area contributed by atoms with Crippen molar-refractivity contribution < 1.29 is 71.9 Å². The van der Waals surface area contributed by atoms with Gasteiger partial charge in [-0.2, -0.15) is 0 Å². The van der Waals surface area contributed by atoms with Gasteiger partial charge in [0.15, 0.2) is 17.8 Å². The molecule has 90 heavy (non-hydrogen) atoms. The van der Waals surface area contributed by atoms with E-state index in [1.807, 2.05) is 60.1 Å². The Morgan fingerprint density at radius 3 is 2.02 bits per heavy atom. The number of nitrogens with zero attached hydrogens (tertiary/aromatic N) is 8. The number of amides is 5. The van der Waals surface area contributed by atoms with Crippen LogP contribution in [0.15, 0.2) is 85.1 Å². The molecule has 1 unspecified atom stereocenters. The molecular weight excluding hydrogens is 1160 g/mol. The minimum atomic E-state index is -1.06. The highest BCUT2D eigenvalue weighted by Gasteiger charge is 2.48. The van der Waals surface area contributed by atoms with Crippen LogP contribution in [-0.2, 0) is 57.8 Å². The molecule has 4 aromatic rings. The summed E-state index contributed by atoms with van der Waals surface area (Å²) in [6.45, 7) is 20.4. The maximum Gasteiger partial charge on any atom is 0.411 e. The van der Waals surface area contributed by atoms with Crippen LogP contribution in [0.1, 0.15) is 102 Å². The quantitative estimate of drug-likeness (QED) is 0.0244. The molecule has 3 fully saturated rings. The Morgan fingerprint density at radius 1 is 0.733 bits per heavy atom. The molecule has 0 aliphatic carbocycles. The number of nitrogens with one attached hydrogen (secondary N) is 1. The number of rotatable bonds is 30. The van der Waals surface area contributed by atoms with Crippen molar-refractivity contribution in [3.63, 3.8) is 0 Å². The van der Waals surface area contributed by atoms with Crippen LogP contribution in [0.25, 0.3) is 11.3 Å². The fraction of sp³-hybridized carbons (Fsp3) is 0.516. The summed E-state index contributed by atoms with van der Waals surface area (Å²) in [5, 5.41) is 34.7. The van der Waals surface area contributed by atoms with E-state index in [1.54, 1.807) is 40.2 Å². The molecule has 5 amide bonds. The molecule has 6 aliphatic heterocycles. The lowest BCUT2D eigenvalue weighted by atomic mass is 9.80. The van der Waals surface area contributed by atoms with Crippen LogP contribution in [0.4, 0.5) is 11.4 Å². The van der Waals surface area contributed by atoms with Crippen molar-refractivity contribution >= 4 is 55.0 Å². The van der Waals surface area contributed by atoms with Crippen LogP contribution < -0.4 is 29.1 Å². The number of benzene rings is 3. The summed E-state index contributed by atoms with van der Waals surface area (Å²) >= 11 is 0. The molecule has 1 aromatic heterocycles. The first-order chi connectivity index (χ1) is 43.5. The molecule has 5 atom stereocenters. The largest absolute Gasteiger partial charge is 0.493 e. The van der Waals surface area contributed by atoms with Gasteiger partial charge in [-0.25, -0.2) is 4.68 Å². The SMILES string of the molecule is C=C1C[C@H]2[C@H](C)N(B(C)O)c3cc(OCc4cc(COc5cc6c(cc5C)C(=O)N5CC(=C)C[C@H]5[C@H](OC5CCCCO5)N6B(C)O)cc(-c5cn(CCOCCOCCOCCNC(=O)CCCCCN6C(=O)C=CC6=O)nn5)c4)c(OC)cc3C(=O)N2C1. The number of imide groups is 1. The standard InChI is InChI=1S/C64H83B2N9O15/c1-41-27-51-44(4)74(65(5)81)52-35-57(56(83-7)33-49(52)63(80)72(51)36-41)89-40-46-30-45(39-88-55-34-53-48(29-43(55)3)62(79)73-37-42(2)28-54(73)64(75(53)66(6)82)90-61-14-10-12-20-87-61)31-47(32-46)50-38-70(69-68-50)19-22-85-24-26-86-25-23-84-21-17-67-58(76)13-9-8-11-18-71-59(77)15-16-60(71)78/h15-16,29-35,38,44,51,54,61,64,81-82H,1-2,8-14,17-28,36-37,39-40H2,3-7H3,(H,67,76)/t44-,51-,54-,61?,64-/m0/s1. The minimum Gasteiger partial charge on any atom is -0.493 e. The van der Waals surface area contributed by atoms with Crippen LogP contribution in [-0.4, -0.2) is 194 Å². The van der Waals surface area contributed by atoms with E-state index in [2.05, 4.69) is 28.8 Å². The van der Waals surface area contributed by atoms with Gasteiger partial charge in [0.05, 0.1) is 82.7 Å². The third kappa shape index (κ3) is 15.4. The van der Waals surface area contributed by atoms with Gasteiger partial charge in [0.2, 0.25) is 5.91 Å². The molecule has 480 valence electrons. The van der Waals surface area contributed by atoms with E-state index < -0.39 is 32.7 Å². The molecule has 0 saturated carbocycles. The number of ether oxygens (including phenoxy) is 8. The van der Waals surface area contributed by atoms with Crippen molar-refractivity contribution in [2.24, 2.45) is 0 Å². The Balaban J connectivity index is 0.791. The van der Waals surface area contributed by atoms with E-state index in [4.69, 9.17) is 37.9 Å². The van der Waals surface area contributed by atoms with Crippen molar-refractivity contribution in [3.05, 3.63) is 113 Å². The lowest BCUT2D eigenvalue weighted by molar-refractivity contribution is -0.194. The molecule has 24 nitrogen and oxygen atoms in total. The Hall–Kier alpha value is -7.58. The second-order valence-corrected chi connectivity index (χ2v) is 23.8. The summed E-state index contributed by atoms with van der Waals surface area (Å²) in [5.74, 6) is 0.193. The fourth-order valence-electron chi connectivity index (χ4n) is 12.7. The first-order valence-corrected chi connectivity index (χ1v) is 31.3. The zero-order valence-electron chi connectivity index (χ0n) is 52.3. The second kappa shape index (κ2) is 30.0. The molecule has 3 aromatic carbocycles. The number of carbonyl (C=O) groups is 5. The van der Waals surface area contributed by atoms with Crippen LogP contribution in [0.5, 0.6) is 17.2 Å². The van der Waals surface area contributed by atoms with Crippen LogP contribution in [0.2, 0.25) is 13.6 Å². The normalized spacial score (nSPS) is 20.5. The Kier molecular flexibility index (Phi) is 21.8. The van der Waals surface area contributed by atoms with Gasteiger partial charge in [0.25, 0.3) is 23.6 Å². The maximum atomic E-state index is 14.5. The highest BCUT2D eigenvalue weighted by atomic mass is 16.7. The molecule has 0 bridgehead atoms. The molecule has 0 spiro atoms. The van der Waals surface area contributed by atoms with Gasteiger partial charge >= 0.3 is 14.1 Å². The highest BCUT2D eigenvalue weighted by Crippen LogP contribution is 2.44. The summed E-state index contributed by atoms with van der Waals surface area (Å²) in [4.78, 5) is 72.7. The Bertz CT molecular complexity index is 3300. The van der Waals surface area contributed by atoms with Gasteiger partial charge in [0, 0.05) is 86.5 Å². The summed E-state index contributed by atoms with van der Waals surface area (Å²) < 4.78 is 50.9. The number of fused-ring (bicyclic) bond motifs is 4. The van der Waals surface area contributed by atoms with Gasteiger partial charge in [0.1, 0.15) is 30.9 Å². The predicted octanol–water partition coefficient (Wildman–Crippen LogP) is 5.73. The van der Waals surface area contributed by atoms with E-state index in [0.717, 1.165) is 47.1 Å². The van der Waals surface area contributed by atoms with E-state index >= 15 is 0 Å². The van der Waals surface area contributed by atoms with Crippen LogP contribution in [0, 0.1) is 6.92 Å². The number of anilines is 2. The average molecular weight is 1240 g/mol. The van der Waals surface area contributed by atoms with Gasteiger partial charge < -0.3 is 72.7 Å². The van der Waals surface area contributed by atoms with E-state index in [9.17, 15) is 34.0 Å². The van der Waals surface area contributed by atoms with Crippen LogP contribution in [0.3, 0.4) is 0 Å². The van der Waals surface area contributed by atoms with Gasteiger partial charge in [-0.15, -0.1) is 5.10 Å². The second-order valence-electron chi connectivity index (χ2n) is 23.8. The summed E-state index contributed by atoms with van der Waals surface area (Å²) in [5.41, 5.74) is 7.21. The van der Waals surface area contributed by atoms with Crippen molar-refractivity contribution in [3.8, 4) is 28.5 Å². The number of methoxy groups -OCH3 is 1. The minimum absolute atomic E-state index is 0.0496. The molecule has 7 heterocycles.